The standard InChI is InChI=1S/C13H18N2O/c1-9(8-16-3)7-12-14-11-6-4-5-10(2)13(11)15-12/h4-6,9H,7-8H2,1-3H3,(H,14,15). The second-order valence-electron chi connectivity index (χ2n) is 4.42. The molecule has 3 heteroatoms. The maximum Gasteiger partial charge on any atom is 0.107 e. The zero-order valence-electron chi connectivity index (χ0n) is 10.1. The molecule has 16 heavy (non-hydrogen) atoms. The Morgan fingerprint density at radius 3 is 2.94 bits per heavy atom. The molecule has 0 aliphatic rings. The van der Waals surface area contributed by atoms with Gasteiger partial charge in [0, 0.05) is 20.1 Å². The molecule has 0 aliphatic heterocycles. The zero-order valence-corrected chi connectivity index (χ0v) is 10.1. The second kappa shape index (κ2) is 4.66. The van der Waals surface area contributed by atoms with Crippen molar-refractivity contribution in [2.75, 3.05) is 13.7 Å². The number of methoxy groups -OCH3 is 1. The van der Waals surface area contributed by atoms with Crippen LogP contribution in [0, 0.1) is 12.8 Å². The lowest BCUT2D eigenvalue weighted by Crippen LogP contribution is -2.07. The molecule has 0 aliphatic carbocycles. The number of hydrogen-bond acceptors (Lipinski definition) is 2. The van der Waals surface area contributed by atoms with Crippen LogP contribution in [0.2, 0.25) is 0 Å². The Kier molecular flexibility index (Phi) is 3.25. The molecule has 1 aromatic heterocycles. The van der Waals surface area contributed by atoms with Crippen molar-refractivity contribution in [2.24, 2.45) is 5.92 Å². The number of ether oxygens (including phenoxy) is 1. The zero-order chi connectivity index (χ0) is 11.5. The molecule has 0 fully saturated rings. The van der Waals surface area contributed by atoms with E-state index < -0.39 is 0 Å². The Morgan fingerprint density at radius 2 is 2.25 bits per heavy atom. The fourth-order valence-corrected chi connectivity index (χ4v) is 2.00. The van der Waals surface area contributed by atoms with Gasteiger partial charge in [-0.3, -0.25) is 0 Å². The predicted octanol–water partition coefficient (Wildman–Crippen LogP) is 2.70. The minimum absolute atomic E-state index is 0.492. The molecular formula is C13H18N2O. The van der Waals surface area contributed by atoms with E-state index in [4.69, 9.17) is 4.74 Å². The van der Waals surface area contributed by atoms with Gasteiger partial charge in [0.15, 0.2) is 0 Å². The summed E-state index contributed by atoms with van der Waals surface area (Å²) >= 11 is 0. The largest absolute Gasteiger partial charge is 0.384 e. The molecule has 0 radical (unpaired) electrons. The summed E-state index contributed by atoms with van der Waals surface area (Å²) in [6, 6.07) is 6.21. The molecule has 1 aromatic carbocycles. The minimum atomic E-state index is 0.492. The SMILES string of the molecule is COCC(C)Cc1nc2c(C)cccc2[nH]1. The third-order valence-corrected chi connectivity index (χ3v) is 2.76. The number of aromatic amines is 1. The van der Waals surface area contributed by atoms with Gasteiger partial charge in [-0.25, -0.2) is 4.98 Å². The molecule has 86 valence electrons. The van der Waals surface area contributed by atoms with E-state index in [1.165, 1.54) is 5.56 Å². The topological polar surface area (TPSA) is 37.9 Å². The first kappa shape index (κ1) is 11.1. The predicted molar refractivity (Wildman–Crippen MR) is 65.6 cm³/mol. The number of nitrogens with zero attached hydrogens (tertiary/aromatic N) is 1. The number of aromatic nitrogens is 2. The number of rotatable bonds is 4. The number of H-pyrrole nitrogens is 1. The summed E-state index contributed by atoms with van der Waals surface area (Å²) in [6.07, 6.45) is 0.932. The van der Waals surface area contributed by atoms with E-state index in [1.807, 2.05) is 0 Å². The Morgan fingerprint density at radius 1 is 1.44 bits per heavy atom. The van der Waals surface area contributed by atoms with Crippen molar-refractivity contribution in [2.45, 2.75) is 20.3 Å². The summed E-state index contributed by atoms with van der Waals surface area (Å²) in [5.41, 5.74) is 3.43. The van der Waals surface area contributed by atoms with Gasteiger partial charge in [-0.15, -0.1) is 0 Å². The highest BCUT2D eigenvalue weighted by Crippen LogP contribution is 2.17. The van der Waals surface area contributed by atoms with Crippen LogP contribution >= 0.6 is 0 Å². The van der Waals surface area contributed by atoms with Gasteiger partial charge in [-0.1, -0.05) is 19.1 Å². The first-order valence-electron chi connectivity index (χ1n) is 5.64. The number of imidazole rings is 1. The molecule has 1 N–H and O–H groups in total. The van der Waals surface area contributed by atoms with Crippen molar-refractivity contribution in [1.82, 2.24) is 9.97 Å². The van der Waals surface area contributed by atoms with Crippen molar-refractivity contribution in [1.29, 1.82) is 0 Å². The first-order chi connectivity index (χ1) is 7.70. The van der Waals surface area contributed by atoms with Gasteiger partial charge in [0.2, 0.25) is 0 Å². The van der Waals surface area contributed by atoms with Crippen LogP contribution in [0.5, 0.6) is 0 Å². The van der Waals surface area contributed by atoms with Crippen LogP contribution in [0.25, 0.3) is 11.0 Å². The van der Waals surface area contributed by atoms with Crippen LogP contribution in [0.15, 0.2) is 18.2 Å². The van der Waals surface area contributed by atoms with Crippen LogP contribution < -0.4 is 0 Å². The van der Waals surface area contributed by atoms with E-state index in [1.54, 1.807) is 7.11 Å². The smallest absolute Gasteiger partial charge is 0.107 e. The molecular weight excluding hydrogens is 200 g/mol. The number of hydrogen-bond donors (Lipinski definition) is 1. The molecule has 3 nitrogen and oxygen atoms in total. The van der Waals surface area contributed by atoms with Crippen molar-refractivity contribution in [3.05, 3.63) is 29.6 Å². The van der Waals surface area contributed by atoms with Gasteiger partial charge in [0.05, 0.1) is 11.0 Å². The van der Waals surface area contributed by atoms with Crippen LogP contribution in [0.1, 0.15) is 18.3 Å². The normalized spacial score (nSPS) is 13.2. The number of nitrogens with one attached hydrogen (secondary N) is 1. The summed E-state index contributed by atoms with van der Waals surface area (Å²) in [5, 5.41) is 0. The summed E-state index contributed by atoms with van der Waals surface area (Å²) in [5.74, 6) is 1.54. The van der Waals surface area contributed by atoms with E-state index in [2.05, 4.69) is 42.0 Å². The average Bonchev–Trinajstić information content (AvgIpc) is 2.62. The van der Waals surface area contributed by atoms with Gasteiger partial charge in [-0.05, 0) is 24.5 Å². The minimum Gasteiger partial charge on any atom is -0.384 e. The van der Waals surface area contributed by atoms with Gasteiger partial charge in [-0.2, -0.15) is 0 Å². The van der Waals surface area contributed by atoms with Crippen molar-refractivity contribution in [3.8, 4) is 0 Å². The molecule has 1 unspecified atom stereocenters. The Bertz CT molecular complexity index is 476. The molecule has 1 heterocycles. The lowest BCUT2D eigenvalue weighted by atomic mass is 10.1. The summed E-state index contributed by atoms with van der Waals surface area (Å²) in [6.45, 7) is 5.03. The fourth-order valence-electron chi connectivity index (χ4n) is 2.00. The second-order valence-corrected chi connectivity index (χ2v) is 4.42. The van der Waals surface area contributed by atoms with Crippen molar-refractivity contribution >= 4 is 11.0 Å². The van der Waals surface area contributed by atoms with Crippen molar-refractivity contribution < 1.29 is 4.74 Å². The molecule has 0 amide bonds. The highest BCUT2D eigenvalue weighted by molar-refractivity contribution is 5.78. The van der Waals surface area contributed by atoms with Gasteiger partial charge < -0.3 is 9.72 Å². The molecule has 2 aromatic rings. The number of fused-ring (bicyclic) bond motifs is 1. The monoisotopic (exact) mass is 218 g/mol. The van der Waals surface area contributed by atoms with Crippen molar-refractivity contribution in [3.63, 3.8) is 0 Å². The Labute approximate surface area is 95.8 Å². The number of para-hydroxylation sites is 1. The summed E-state index contributed by atoms with van der Waals surface area (Å²) in [4.78, 5) is 7.98. The molecule has 1 atom stereocenters. The molecule has 0 saturated carbocycles. The van der Waals surface area contributed by atoms with Gasteiger partial charge >= 0.3 is 0 Å². The highest BCUT2D eigenvalue weighted by atomic mass is 16.5. The highest BCUT2D eigenvalue weighted by Gasteiger charge is 2.08. The Hall–Kier alpha value is -1.35. The number of aryl methyl sites for hydroxylation is 1. The molecule has 0 bridgehead atoms. The summed E-state index contributed by atoms with van der Waals surface area (Å²) in [7, 11) is 1.74. The van der Waals surface area contributed by atoms with Gasteiger partial charge in [0.1, 0.15) is 5.82 Å². The fraction of sp³-hybridized carbons (Fsp3) is 0.462. The lowest BCUT2D eigenvalue weighted by Gasteiger charge is -2.06. The maximum atomic E-state index is 5.13. The van der Waals surface area contributed by atoms with E-state index in [0.29, 0.717) is 5.92 Å². The first-order valence-corrected chi connectivity index (χ1v) is 5.64. The molecule has 0 spiro atoms. The summed E-state index contributed by atoms with van der Waals surface area (Å²) < 4.78 is 5.13. The van der Waals surface area contributed by atoms with Crippen LogP contribution in [0.4, 0.5) is 0 Å². The molecule has 0 saturated heterocycles. The van der Waals surface area contributed by atoms with Crippen LogP contribution in [0.3, 0.4) is 0 Å². The third-order valence-electron chi connectivity index (χ3n) is 2.76. The Balaban J connectivity index is 2.23. The quantitative estimate of drug-likeness (QED) is 0.856. The van der Waals surface area contributed by atoms with Crippen LogP contribution in [-0.2, 0) is 11.2 Å². The third kappa shape index (κ3) is 2.25. The van der Waals surface area contributed by atoms with E-state index in [9.17, 15) is 0 Å². The average molecular weight is 218 g/mol. The van der Waals surface area contributed by atoms with Gasteiger partial charge in [0.25, 0.3) is 0 Å². The van der Waals surface area contributed by atoms with Crippen LogP contribution in [-0.4, -0.2) is 23.7 Å². The van der Waals surface area contributed by atoms with E-state index in [0.717, 1.165) is 29.9 Å². The van der Waals surface area contributed by atoms with E-state index >= 15 is 0 Å². The maximum absolute atomic E-state index is 5.13. The lowest BCUT2D eigenvalue weighted by molar-refractivity contribution is 0.159. The number of benzene rings is 1. The molecule has 2 rings (SSSR count). The van der Waals surface area contributed by atoms with E-state index in [-0.39, 0.29) is 0 Å².